The van der Waals surface area contributed by atoms with Crippen LogP contribution in [0, 0.1) is 0 Å². The predicted octanol–water partition coefficient (Wildman–Crippen LogP) is 1.96. The zero-order valence-electron chi connectivity index (χ0n) is 8.26. The number of nitrogens with zero attached hydrogens (tertiary/aromatic N) is 1. The third kappa shape index (κ3) is 3.16. The van der Waals surface area contributed by atoms with Gasteiger partial charge in [0.2, 0.25) is 0 Å². The lowest BCUT2D eigenvalue weighted by Crippen LogP contribution is -2.19. The predicted molar refractivity (Wildman–Crippen MR) is 48.2 cm³/mol. The molecule has 1 aromatic rings. The van der Waals surface area contributed by atoms with Crippen LogP contribution in [0.25, 0.3) is 0 Å². The zero-order chi connectivity index (χ0) is 13.2. The molecule has 0 amide bonds. The largest absolute Gasteiger partial charge is 0.573 e. The smallest absolute Gasteiger partial charge is 0.402 e. The van der Waals surface area contributed by atoms with Crippen LogP contribution in [0.4, 0.5) is 27.6 Å². The van der Waals surface area contributed by atoms with Gasteiger partial charge in [-0.3, -0.25) is 4.98 Å². The fourth-order valence-electron chi connectivity index (χ4n) is 1.17. The summed E-state index contributed by atoms with van der Waals surface area (Å²) in [4.78, 5) is 3.16. The Morgan fingerprint density at radius 3 is 2.35 bits per heavy atom. The first-order chi connectivity index (χ1) is 7.76. The Morgan fingerprint density at radius 2 is 1.94 bits per heavy atom. The molecule has 0 aliphatic rings. The van der Waals surface area contributed by atoms with Crippen LogP contribution in [0.3, 0.4) is 0 Å². The van der Waals surface area contributed by atoms with Crippen molar-refractivity contribution in [3.8, 4) is 5.75 Å². The molecule has 0 saturated heterocycles. The highest BCUT2D eigenvalue weighted by atomic mass is 19.4. The van der Waals surface area contributed by atoms with Gasteiger partial charge >= 0.3 is 6.36 Å². The van der Waals surface area contributed by atoms with Crippen molar-refractivity contribution in [3.63, 3.8) is 0 Å². The Bertz CT molecular complexity index is 407. The SMILES string of the molecule is NCc1c(C(F)F)ncc(OC(F)(F)F)c1N. The molecule has 1 heterocycles. The number of pyridine rings is 1. The molecule has 4 N–H and O–H groups in total. The molecule has 9 heteroatoms. The van der Waals surface area contributed by atoms with E-state index in [4.69, 9.17) is 11.5 Å². The minimum absolute atomic E-state index is 0.359. The lowest BCUT2D eigenvalue weighted by molar-refractivity contribution is -0.274. The fourth-order valence-corrected chi connectivity index (χ4v) is 1.17. The molecule has 1 rings (SSSR count). The first-order valence-electron chi connectivity index (χ1n) is 4.27. The first kappa shape index (κ1) is 13.4. The molecule has 0 bridgehead atoms. The van der Waals surface area contributed by atoms with Gasteiger partial charge in [-0.1, -0.05) is 0 Å². The Labute approximate surface area is 92.4 Å². The minimum Gasteiger partial charge on any atom is -0.402 e. The minimum atomic E-state index is -4.98. The van der Waals surface area contributed by atoms with Gasteiger partial charge in [-0.2, -0.15) is 0 Å². The molecular weight excluding hydrogens is 249 g/mol. The second-order valence-corrected chi connectivity index (χ2v) is 2.95. The van der Waals surface area contributed by atoms with E-state index in [1.54, 1.807) is 0 Å². The number of aromatic nitrogens is 1. The van der Waals surface area contributed by atoms with Crippen molar-refractivity contribution < 1.29 is 26.7 Å². The number of nitrogens with two attached hydrogens (primary N) is 2. The molecule has 0 fully saturated rings. The van der Waals surface area contributed by atoms with Crippen molar-refractivity contribution in [3.05, 3.63) is 17.5 Å². The van der Waals surface area contributed by atoms with Crippen LogP contribution < -0.4 is 16.2 Å². The standard InChI is InChI=1S/C8H8F5N3O/c9-7(10)6-3(1-14)5(15)4(2-16-6)17-8(11,12)13/h2,7H,1,14H2,(H2,15,16). The molecule has 0 aliphatic heterocycles. The monoisotopic (exact) mass is 257 g/mol. The molecule has 0 unspecified atom stereocenters. The van der Waals surface area contributed by atoms with Gasteiger partial charge in [0, 0.05) is 12.1 Å². The van der Waals surface area contributed by atoms with Crippen LogP contribution >= 0.6 is 0 Å². The maximum Gasteiger partial charge on any atom is 0.573 e. The van der Waals surface area contributed by atoms with Gasteiger partial charge in [-0.05, 0) is 0 Å². The second-order valence-electron chi connectivity index (χ2n) is 2.95. The number of hydrogen-bond acceptors (Lipinski definition) is 4. The summed E-state index contributed by atoms with van der Waals surface area (Å²) in [7, 11) is 0. The summed E-state index contributed by atoms with van der Waals surface area (Å²) in [6.07, 6.45) is -7.46. The number of anilines is 1. The van der Waals surface area contributed by atoms with Gasteiger partial charge in [0.1, 0.15) is 5.69 Å². The summed E-state index contributed by atoms with van der Waals surface area (Å²) in [5, 5.41) is 0. The Kier molecular flexibility index (Phi) is 3.71. The summed E-state index contributed by atoms with van der Waals surface area (Å²) in [6.45, 7) is -0.465. The van der Waals surface area contributed by atoms with Crippen LogP contribution in [-0.4, -0.2) is 11.3 Å². The average Bonchev–Trinajstić information content (AvgIpc) is 2.18. The number of halogens is 5. The van der Waals surface area contributed by atoms with E-state index in [0.717, 1.165) is 0 Å². The van der Waals surface area contributed by atoms with E-state index in [2.05, 4.69) is 9.72 Å². The van der Waals surface area contributed by atoms with Crippen molar-refractivity contribution in [1.29, 1.82) is 0 Å². The first-order valence-corrected chi connectivity index (χ1v) is 4.27. The Hall–Kier alpha value is -1.64. The van der Waals surface area contributed by atoms with Crippen LogP contribution in [-0.2, 0) is 6.54 Å². The Morgan fingerprint density at radius 1 is 1.35 bits per heavy atom. The van der Waals surface area contributed by atoms with E-state index in [1.165, 1.54) is 0 Å². The van der Waals surface area contributed by atoms with Crippen LogP contribution in [0.15, 0.2) is 6.20 Å². The highest BCUT2D eigenvalue weighted by Crippen LogP contribution is 2.34. The molecule has 0 aromatic carbocycles. The van der Waals surface area contributed by atoms with Crippen LogP contribution in [0.1, 0.15) is 17.7 Å². The van der Waals surface area contributed by atoms with Crippen LogP contribution in [0.5, 0.6) is 5.75 Å². The maximum absolute atomic E-state index is 12.4. The molecule has 0 spiro atoms. The molecule has 4 nitrogen and oxygen atoms in total. The van der Waals surface area contributed by atoms with Gasteiger partial charge in [-0.25, -0.2) is 8.78 Å². The summed E-state index contributed by atoms with van der Waals surface area (Å²) in [5.41, 5.74) is 8.70. The molecular formula is C8H8F5N3O. The maximum atomic E-state index is 12.4. The molecule has 1 aromatic heterocycles. The average molecular weight is 257 g/mol. The van der Waals surface area contributed by atoms with E-state index < -0.39 is 36.5 Å². The molecule has 0 radical (unpaired) electrons. The highest BCUT2D eigenvalue weighted by Gasteiger charge is 2.33. The fraction of sp³-hybridized carbons (Fsp3) is 0.375. The second kappa shape index (κ2) is 4.70. The van der Waals surface area contributed by atoms with Gasteiger partial charge < -0.3 is 16.2 Å². The number of nitrogen functional groups attached to an aromatic ring is 1. The van der Waals surface area contributed by atoms with E-state index in [-0.39, 0.29) is 5.56 Å². The lowest BCUT2D eigenvalue weighted by atomic mass is 10.1. The van der Waals surface area contributed by atoms with Gasteiger partial charge in [0.25, 0.3) is 6.43 Å². The lowest BCUT2D eigenvalue weighted by Gasteiger charge is -2.15. The molecule has 0 atom stereocenters. The molecule has 17 heavy (non-hydrogen) atoms. The zero-order valence-corrected chi connectivity index (χ0v) is 8.26. The third-order valence-electron chi connectivity index (χ3n) is 1.86. The normalized spacial score (nSPS) is 11.9. The molecule has 96 valence electrons. The summed E-state index contributed by atoms with van der Waals surface area (Å²) in [6, 6.07) is 0. The van der Waals surface area contributed by atoms with E-state index in [0.29, 0.717) is 6.20 Å². The van der Waals surface area contributed by atoms with E-state index in [1.807, 2.05) is 0 Å². The summed E-state index contributed by atoms with van der Waals surface area (Å²) < 4.78 is 64.2. The third-order valence-corrected chi connectivity index (χ3v) is 1.86. The van der Waals surface area contributed by atoms with Crippen molar-refractivity contribution in [2.45, 2.75) is 19.3 Å². The van der Waals surface area contributed by atoms with Crippen molar-refractivity contribution in [1.82, 2.24) is 4.98 Å². The quantitative estimate of drug-likeness (QED) is 0.812. The molecule has 0 saturated carbocycles. The summed E-state index contributed by atoms with van der Waals surface area (Å²) in [5.74, 6) is -0.845. The highest BCUT2D eigenvalue weighted by molar-refractivity contribution is 5.59. The van der Waals surface area contributed by atoms with E-state index >= 15 is 0 Å². The molecule has 0 aliphatic carbocycles. The van der Waals surface area contributed by atoms with Crippen molar-refractivity contribution in [2.75, 3.05) is 5.73 Å². The van der Waals surface area contributed by atoms with Crippen molar-refractivity contribution >= 4 is 5.69 Å². The van der Waals surface area contributed by atoms with Gasteiger partial charge in [0.05, 0.1) is 11.9 Å². The summed E-state index contributed by atoms with van der Waals surface area (Å²) >= 11 is 0. The van der Waals surface area contributed by atoms with Crippen molar-refractivity contribution in [2.24, 2.45) is 5.73 Å². The number of hydrogen-bond donors (Lipinski definition) is 2. The van der Waals surface area contributed by atoms with E-state index in [9.17, 15) is 22.0 Å². The topological polar surface area (TPSA) is 74.2 Å². The van der Waals surface area contributed by atoms with Crippen LogP contribution in [0.2, 0.25) is 0 Å². The van der Waals surface area contributed by atoms with Gasteiger partial charge in [-0.15, -0.1) is 13.2 Å². The Balaban J connectivity index is 3.20. The number of alkyl halides is 5. The van der Waals surface area contributed by atoms with Gasteiger partial charge in [0.15, 0.2) is 5.75 Å². The number of ether oxygens (including phenoxy) is 1. The number of rotatable bonds is 3.